The lowest BCUT2D eigenvalue weighted by Crippen LogP contribution is -2.38. The van der Waals surface area contributed by atoms with Gasteiger partial charge < -0.3 is 15.2 Å². The van der Waals surface area contributed by atoms with E-state index in [4.69, 9.17) is 4.74 Å². The number of anilines is 1. The van der Waals surface area contributed by atoms with Gasteiger partial charge in [0, 0.05) is 37.6 Å². The molecule has 2 aromatic rings. The number of aliphatic imine (C=N–C) groups is 2. The van der Waals surface area contributed by atoms with Gasteiger partial charge in [-0.05, 0) is 43.3 Å². The Bertz CT molecular complexity index is 971. The molecular formula is C24H28N4O3. The van der Waals surface area contributed by atoms with Crippen molar-refractivity contribution in [3.63, 3.8) is 0 Å². The lowest BCUT2D eigenvalue weighted by Gasteiger charge is -2.30. The first kappa shape index (κ1) is 22.4. The molecule has 0 aromatic heterocycles. The molecule has 0 fully saturated rings. The van der Waals surface area contributed by atoms with Gasteiger partial charge in [0.05, 0.1) is 6.20 Å². The summed E-state index contributed by atoms with van der Waals surface area (Å²) in [6, 6.07) is 15.4. The third kappa shape index (κ3) is 6.60. The number of amides is 1. The normalized spacial score (nSPS) is 15.4. The molecule has 2 N–H and O–H groups in total. The number of benzene rings is 2. The topological polar surface area (TPSA) is 86.5 Å². The average Bonchev–Trinajstić information content (AvgIpc) is 2.78. The van der Waals surface area contributed by atoms with Crippen LogP contribution in [0.3, 0.4) is 0 Å². The molecule has 1 heterocycles. The summed E-state index contributed by atoms with van der Waals surface area (Å²) in [7, 11) is 0. The van der Waals surface area contributed by atoms with Gasteiger partial charge in [0.1, 0.15) is 24.2 Å². The molecule has 0 bridgehead atoms. The van der Waals surface area contributed by atoms with E-state index in [-0.39, 0.29) is 12.3 Å². The third-order valence-corrected chi connectivity index (χ3v) is 4.96. The number of rotatable bonds is 9. The maximum absolute atomic E-state index is 12.3. The van der Waals surface area contributed by atoms with E-state index in [0.29, 0.717) is 18.0 Å². The number of ether oxygens (including phenoxy) is 1. The Morgan fingerprint density at radius 1 is 1.29 bits per heavy atom. The van der Waals surface area contributed by atoms with Crippen LogP contribution in [0.5, 0.6) is 5.75 Å². The Morgan fingerprint density at radius 2 is 2.10 bits per heavy atom. The molecule has 7 nitrogen and oxygen atoms in total. The summed E-state index contributed by atoms with van der Waals surface area (Å²) >= 11 is 0. The van der Waals surface area contributed by atoms with Gasteiger partial charge in [-0.2, -0.15) is 0 Å². The first-order valence-electron chi connectivity index (χ1n) is 10.2. The number of carbonyl (C=O) groups excluding carboxylic acids is 1. The fraction of sp³-hybridized carbons (Fsp3) is 0.292. The highest BCUT2D eigenvalue weighted by atomic mass is 16.5. The molecule has 162 valence electrons. The Kier molecular flexibility index (Phi) is 8.09. The van der Waals surface area contributed by atoms with Crippen molar-refractivity contribution in [2.45, 2.75) is 26.0 Å². The largest absolute Gasteiger partial charge is 0.491 e. The molecular weight excluding hydrogens is 392 g/mol. The fourth-order valence-corrected chi connectivity index (χ4v) is 3.43. The van der Waals surface area contributed by atoms with E-state index in [1.54, 1.807) is 37.4 Å². The van der Waals surface area contributed by atoms with Crippen LogP contribution in [0.2, 0.25) is 0 Å². The van der Waals surface area contributed by atoms with Crippen LogP contribution in [-0.4, -0.2) is 54.6 Å². The van der Waals surface area contributed by atoms with Crippen LogP contribution < -0.4 is 10.1 Å². The summed E-state index contributed by atoms with van der Waals surface area (Å²) in [5.41, 5.74) is 3.37. The van der Waals surface area contributed by atoms with Gasteiger partial charge in [0.15, 0.2) is 0 Å². The van der Waals surface area contributed by atoms with Crippen molar-refractivity contribution in [2.75, 3.05) is 25.0 Å². The number of β-amino-alcohol motifs (C(OH)–C–C–N with tert-alkyl or cyclic N) is 1. The maximum atomic E-state index is 12.3. The van der Waals surface area contributed by atoms with Crippen molar-refractivity contribution >= 4 is 24.5 Å². The smallest absolute Gasteiger partial charge is 0.275 e. The van der Waals surface area contributed by atoms with E-state index >= 15 is 0 Å². The molecule has 0 radical (unpaired) electrons. The monoisotopic (exact) mass is 420 g/mol. The lowest BCUT2D eigenvalue weighted by molar-refractivity contribution is -0.112. The van der Waals surface area contributed by atoms with Crippen LogP contribution in [0.1, 0.15) is 18.1 Å². The van der Waals surface area contributed by atoms with Crippen LogP contribution >= 0.6 is 0 Å². The van der Waals surface area contributed by atoms with E-state index in [1.807, 2.05) is 0 Å². The van der Waals surface area contributed by atoms with E-state index in [0.717, 1.165) is 19.5 Å². The maximum Gasteiger partial charge on any atom is 0.275 e. The summed E-state index contributed by atoms with van der Waals surface area (Å²) in [6.07, 6.45) is 3.28. The number of hydrogen-bond donors (Lipinski definition) is 2. The van der Waals surface area contributed by atoms with Crippen LogP contribution in [0.25, 0.3) is 0 Å². The Balaban J connectivity index is 1.50. The van der Waals surface area contributed by atoms with Crippen LogP contribution in [0, 0.1) is 0 Å². The first-order valence-corrected chi connectivity index (χ1v) is 10.2. The number of nitrogens with one attached hydrogen (secondary N) is 1. The second-order valence-corrected chi connectivity index (χ2v) is 7.28. The zero-order valence-corrected chi connectivity index (χ0v) is 17.7. The fourth-order valence-electron chi connectivity index (χ4n) is 3.43. The lowest BCUT2D eigenvalue weighted by atomic mass is 10.00. The number of carbonyl (C=O) groups is 1. The van der Waals surface area contributed by atoms with Gasteiger partial charge >= 0.3 is 0 Å². The third-order valence-electron chi connectivity index (χ3n) is 4.96. The minimum absolute atomic E-state index is 0.114. The molecule has 1 aliphatic rings. The zero-order chi connectivity index (χ0) is 22.1. The number of hydrogen-bond acceptors (Lipinski definition) is 6. The minimum atomic E-state index is -0.616. The highest BCUT2D eigenvalue weighted by Crippen LogP contribution is 2.20. The molecule has 1 unspecified atom stereocenters. The van der Waals surface area contributed by atoms with E-state index in [9.17, 15) is 9.90 Å². The molecule has 31 heavy (non-hydrogen) atoms. The predicted molar refractivity (Wildman–Crippen MR) is 124 cm³/mol. The highest BCUT2D eigenvalue weighted by Gasteiger charge is 2.18. The SMILES string of the molecule is C=N/C(=C\N=CC)C(=O)Nc1cccc(OCC(O)CN2CCc3ccccc3C2)c1. The second-order valence-electron chi connectivity index (χ2n) is 7.28. The molecule has 0 saturated carbocycles. The van der Waals surface area contributed by atoms with Crippen LogP contribution in [-0.2, 0) is 17.8 Å². The second kappa shape index (κ2) is 11.2. The van der Waals surface area contributed by atoms with Gasteiger partial charge in [-0.25, -0.2) is 0 Å². The molecule has 0 aliphatic carbocycles. The van der Waals surface area contributed by atoms with Crippen molar-refractivity contribution < 1.29 is 14.6 Å². The number of fused-ring (bicyclic) bond motifs is 1. The average molecular weight is 421 g/mol. The van der Waals surface area contributed by atoms with Gasteiger partial charge in [-0.15, -0.1) is 0 Å². The summed E-state index contributed by atoms with van der Waals surface area (Å²) in [4.78, 5) is 22.1. The van der Waals surface area contributed by atoms with E-state index in [2.05, 4.69) is 51.2 Å². The van der Waals surface area contributed by atoms with Crippen LogP contribution in [0.4, 0.5) is 5.69 Å². The molecule has 0 spiro atoms. The van der Waals surface area contributed by atoms with Gasteiger partial charge in [0.2, 0.25) is 0 Å². The minimum Gasteiger partial charge on any atom is -0.491 e. The summed E-state index contributed by atoms with van der Waals surface area (Å²) in [5, 5.41) is 13.2. The summed E-state index contributed by atoms with van der Waals surface area (Å²) < 4.78 is 5.75. The zero-order valence-electron chi connectivity index (χ0n) is 17.7. The predicted octanol–water partition coefficient (Wildman–Crippen LogP) is 3.06. The van der Waals surface area contributed by atoms with E-state index < -0.39 is 12.0 Å². The molecule has 1 atom stereocenters. The summed E-state index contributed by atoms with van der Waals surface area (Å²) in [5.74, 6) is 0.146. The van der Waals surface area contributed by atoms with Crippen molar-refractivity contribution in [1.29, 1.82) is 0 Å². The Labute approximate surface area is 182 Å². The van der Waals surface area contributed by atoms with Crippen LogP contribution in [0.15, 0.2) is 70.4 Å². The first-order chi connectivity index (χ1) is 15.1. The molecule has 0 saturated heterocycles. The van der Waals surface area contributed by atoms with Gasteiger partial charge in [0.25, 0.3) is 5.91 Å². The van der Waals surface area contributed by atoms with E-state index in [1.165, 1.54) is 17.3 Å². The molecule has 7 heteroatoms. The number of aliphatic hydroxyl groups excluding tert-OH is 1. The molecule has 1 aliphatic heterocycles. The number of aliphatic hydroxyl groups is 1. The van der Waals surface area contributed by atoms with Crippen molar-refractivity contribution in [3.05, 3.63) is 71.6 Å². The summed E-state index contributed by atoms with van der Waals surface area (Å²) in [6.45, 7) is 7.61. The number of nitrogens with zero attached hydrogens (tertiary/aromatic N) is 3. The van der Waals surface area contributed by atoms with Crippen molar-refractivity contribution in [2.24, 2.45) is 9.98 Å². The Hall–Kier alpha value is -3.29. The Morgan fingerprint density at radius 3 is 2.87 bits per heavy atom. The van der Waals surface area contributed by atoms with Gasteiger partial charge in [-0.3, -0.25) is 19.7 Å². The van der Waals surface area contributed by atoms with Gasteiger partial charge in [-0.1, -0.05) is 30.3 Å². The molecule has 3 rings (SSSR count). The molecule has 1 amide bonds. The quantitative estimate of drug-likeness (QED) is 0.482. The standard InChI is InChI=1S/C24H28N4O3/c1-3-26-14-23(25-2)24(30)27-20-9-6-10-22(13-20)31-17-21(29)16-28-12-11-18-7-4-5-8-19(18)15-28/h3-10,13-14,21,29H,2,11-12,15-17H2,1H3,(H,27,30)/b23-14-,26-3?. The van der Waals surface area contributed by atoms with Crippen molar-refractivity contribution in [1.82, 2.24) is 4.90 Å². The molecule has 2 aromatic carbocycles. The van der Waals surface area contributed by atoms with Crippen molar-refractivity contribution in [3.8, 4) is 5.75 Å². The highest BCUT2D eigenvalue weighted by molar-refractivity contribution is 6.04.